The first-order valence-corrected chi connectivity index (χ1v) is 10.6. The standard InChI is InChI=1S/C21H28Si/c1-9-22(8,20-16(4)10-14(2)11-17(20)5)21-18(6)12-15(3)13-19(21)7/h9-13H,1H2,2-8H3. The molecular formula is C21H28Si. The zero-order valence-corrected chi connectivity index (χ0v) is 16.1. The number of hydrogen-bond donors (Lipinski definition) is 0. The number of rotatable bonds is 3. The normalized spacial score (nSPS) is 11.6. The van der Waals surface area contributed by atoms with Gasteiger partial charge in [-0.15, -0.1) is 6.58 Å². The van der Waals surface area contributed by atoms with E-state index in [0.717, 1.165) is 0 Å². The molecule has 0 fully saturated rings. The molecule has 2 aromatic carbocycles. The highest BCUT2D eigenvalue weighted by Gasteiger charge is 2.34. The maximum absolute atomic E-state index is 4.26. The summed E-state index contributed by atoms with van der Waals surface area (Å²) in [6.45, 7) is 20.1. The Bertz CT molecular complexity index is 634. The molecule has 0 heterocycles. The lowest BCUT2D eigenvalue weighted by atomic mass is 10.1. The van der Waals surface area contributed by atoms with Crippen molar-refractivity contribution in [1.82, 2.24) is 0 Å². The van der Waals surface area contributed by atoms with Gasteiger partial charge in [-0.25, -0.2) is 0 Å². The van der Waals surface area contributed by atoms with Crippen LogP contribution < -0.4 is 10.4 Å². The summed E-state index contributed by atoms with van der Waals surface area (Å²) in [5.41, 5.74) is 10.6. The molecule has 0 nitrogen and oxygen atoms in total. The van der Waals surface area contributed by atoms with E-state index in [-0.39, 0.29) is 0 Å². The van der Waals surface area contributed by atoms with Crippen molar-refractivity contribution >= 4 is 18.4 Å². The Hall–Kier alpha value is -1.60. The topological polar surface area (TPSA) is 0 Å². The molecule has 0 aliphatic heterocycles. The second-order valence-electron chi connectivity index (χ2n) is 6.95. The van der Waals surface area contributed by atoms with Crippen LogP contribution in [0.2, 0.25) is 6.55 Å². The molecule has 0 spiro atoms. The van der Waals surface area contributed by atoms with Gasteiger partial charge in [0.15, 0.2) is 0 Å². The molecule has 0 amide bonds. The van der Waals surface area contributed by atoms with E-state index in [9.17, 15) is 0 Å². The van der Waals surface area contributed by atoms with Crippen molar-refractivity contribution in [1.29, 1.82) is 0 Å². The fraction of sp³-hybridized carbons (Fsp3) is 0.333. The summed E-state index contributed by atoms with van der Waals surface area (Å²) in [7, 11) is -1.94. The molecule has 22 heavy (non-hydrogen) atoms. The van der Waals surface area contributed by atoms with Gasteiger partial charge in [-0.2, -0.15) is 0 Å². The van der Waals surface area contributed by atoms with Crippen LogP contribution in [-0.4, -0.2) is 8.07 Å². The van der Waals surface area contributed by atoms with Gasteiger partial charge in [0.2, 0.25) is 0 Å². The van der Waals surface area contributed by atoms with Crippen LogP contribution in [0.1, 0.15) is 33.4 Å². The van der Waals surface area contributed by atoms with E-state index in [0.29, 0.717) is 0 Å². The summed E-state index contributed by atoms with van der Waals surface area (Å²) in [5, 5.41) is 3.06. The average molecular weight is 309 g/mol. The zero-order valence-electron chi connectivity index (χ0n) is 15.1. The van der Waals surface area contributed by atoms with E-state index < -0.39 is 8.07 Å². The van der Waals surface area contributed by atoms with Crippen molar-refractivity contribution in [3.63, 3.8) is 0 Å². The molecule has 0 unspecified atom stereocenters. The Morgan fingerprint density at radius 2 is 0.955 bits per heavy atom. The van der Waals surface area contributed by atoms with Crippen LogP contribution in [0.4, 0.5) is 0 Å². The predicted octanol–water partition coefficient (Wildman–Crippen LogP) is 4.46. The summed E-state index contributed by atoms with van der Waals surface area (Å²) in [6.07, 6.45) is 0. The molecule has 2 aromatic rings. The molecule has 2 rings (SSSR count). The average Bonchev–Trinajstić information content (AvgIpc) is 2.35. The lowest BCUT2D eigenvalue weighted by Gasteiger charge is -2.32. The lowest BCUT2D eigenvalue weighted by Crippen LogP contribution is -2.58. The summed E-state index contributed by atoms with van der Waals surface area (Å²) in [4.78, 5) is 0. The third kappa shape index (κ3) is 2.70. The Labute approximate surface area is 136 Å². The second-order valence-corrected chi connectivity index (χ2v) is 10.8. The van der Waals surface area contributed by atoms with Gasteiger partial charge in [-0.3, -0.25) is 0 Å². The van der Waals surface area contributed by atoms with Crippen molar-refractivity contribution in [3.8, 4) is 0 Å². The Morgan fingerprint density at radius 3 is 1.18 bits per heavy atom. The molecule has 0 radical (unpaired) electrons. The molecule has 0 bridgehead atoms. The Kier molecular flexibility index (Phi) is 4.48. The number of aryl methyl sites for hydroxylation is 6. The first-order valence-electron chi connectivity index (χ1n) is 8.01. The van der Waals surface area contributed by atoms with Gasteiger partial charge in [0, 0.05) is 0 Å². The number of hydrogen-bond acceptors (Lipinski definition) is 0. The van der Waals surface area contributed by atoms with Crippen LogP contribution in [0.3, 0.4) is 0 Å². The quantitative estimate of drug-likeness (QED) is 0.735. The summed E-state index contributed by atoms with van der Waals surface area (Å²) in [6, 6.07) is 9.26. The molecule has 1 heteroatoms. The first kappa shape index (κ1) is 16.8. The maximum atomic E-state index is 4.26. The molecule has 0 atom stereocenters. The van der Waals surface area contributed by atoms with Crippen LogP contribution in [0.5, 0.6) is 0 Å². The van der Waals surface area contributed by atoms with E-state index in [1.807, 2.05) is 0 Å². The van der Waals surface area contributed by atoms with E-state index in [2.05, 4.69) is 84.6 Å². The van der Waals surface area contributed by atoms with Crippen molar-refractivity contribution in [2.24, 2.45) is 0 Å². The van der Waals surface area contributed by atoms with E-state index in [1.54, 1.807) is 0 Å². The molecule has 0 aliphatic rings. The summed E-state index contributed by atoms with van der Waals surface area (Å²) < 4.78 is 0. The van der Waals surface area contributed by atoms with Gasteiger partial charge in [-0.1, -0.05) is 69.9 Å². The molecule has 0 aromatic heterocycles. The summed E-state index contributed by atoms with van der Waals surface area (Å²) >= 11 is 0. The third-order valence-electron chi connectivity index (χ3n) is 4.80. The Morgan fingerprint density at radius 1 is 0.682 bits per heavy atom. The van der Waals surface area contributed by atoms with Crippen LogP contribution in [0.15, 0.2) is 36.5 Å². The minimum atomic E-state index is -1.94. The van der Waals surface area contributed by atoms with Crippen LogP contribution in [-0.2, 0) is 0 Å². The van der Waals surface area contributed by atoms with Gasteiger partial charge < -0.3 is 0 Å². The SMILES string of the molecule is C=C[Si](C)(c1c(C)cc(C)cc1C)c1c(C)cc(C)cc1C. The fourth-order valence-corrected chi connectivity index (χ4v) is 8.55. The minimum Gasteiger partial charge on any atom is -0.106 e. The van der Waals surface area contributed by atoms with Gasteiger partial charge in [-0.05, 0) is 51.9 Å². The van der Waals surface area contributed by atoms with Gasteiger partial charge >= 0.3 is 0 Å². The van der Waals surface area contributed by atoms with Crippen molar-refractivity contribution < 1.29 is 0 Å². The van der Waals surface area contributed by atoms with Crippen molar-refractivity contribution in [2.75, 3.05) is 0 Å². The van der Waals surface area contributed by atoms with Crippen LogP contribution in [0.25, 0.3) is 0 Å². The molecule has 0 saturated heterocycles. The smallest absolute Gasteiger partial charge is 0.106 e. The molecule has 0 aliphatic carbocycles. The fourth-order valence-electron chi connectivity index (χ4n) is 4.33. The van der Waals surface area contributed by atoms with Crippen molar-refractivity contribution in [3.05, 3.63) is 69.9 Å². The van der Waals surface area contributed by atoms with Gasteiger partial charge in [0.1, 0.15) is 8.07 Å². The van der Waals surface area contributed by atoms with Crippen molar-refractivity contribution in [2.45, 2.75) is 48.1 Å². The third-order valence-corrected chi connectivity index (χ3v) is 9.27. The van der Waals surface area contributed by atoms with Crippen LogP contribution >= 0.6 is 0 Å². The first-order chi connectivity index (χ1) is 10.2. The summed E-state index contributed by atoms with van der Waals surface area (Å²) in [5.74, 6) is 0. The largest absolute Gasteiger partial charge is 0.139 e. The van der Waals surface area contributed by atoms with E-state index >= 15 is 0 Å². The highest BCUT2D eigenvalue weighted by atomic mass is 28.3. The highest BCUT2D eigenvalue weighted by molar-refractivity contribution is 7.05. The Balaban J connectivity index is 2.83. The molecule has 0 saturated carbocycles. The van der Waals surface area contributed by atoms with Gasteiger partial charge in [0.05, 0.1) is 0 Å². The predicted molar refractivity (Wildman–Crippen MR) is 102 cm³/mol. The van der Waals surface area contributed by atoms with Gasteiger partial charge in [0.25, 0.3) is 0 Å². The lowest BCUT2D eigenvalue weighted by molar-refractivity contribution is 1.33. The van der Waals surface area contributed by atoms with Crippen LogP contribution in [0, 0.1) is 41.5 Å². The molecular weight excluding hydrogens is 280 g/mol. The molecule has 0 N–H and O–H groups in total. The maximum Gasteiger partial charge on any atom is 0.139 e. The molecule has 116 valence electrons. The van der Waals surface area contributed by atoms with E-state index in [1.165, 1.54) is 43.8 Å². The monoisotopic (exact) mass is 308 g/mol. The van der Waals surface area contributed by atoms with E-state index in [4.69, 9.17) is 0 Å². The zero-order chi connectivity index (χ0) is 16.7. The minimum absolute atomic E-state index is 1.34. The number of benzene rings is 2. The highest BCUT2D eigenvalue weighted by Crippen LogP contribution is 2.19. The second kappa shape index (κ2) is 5.89.